The summed E-state index contributed by atoms with van der Waals surface area (Å²) in [6.45, 7) is 2.48. The van der Waals surface area contributed by atoms with Crippen molar-refractivity contribution >= 4 is 28.3 Å². The molecule has 104 valence electrons. The number of amides is 2. The zero-order chi connectivity index (χ0) is 13.8. The molecule has 7 heteroatoms. The summed E-state index contributed by atoms with van der Waals surface area (Å²) in [6.07, 6.45) is 4.49. The van der Waals surface area contributed by atoms with E-state index >= 15 is 0 Å². The van der Waals surface area contributed by atoms with Crippen LogP contribution in [0.3, 0.4) is 0 Å². The van der Waals surface area contributed by atoms with Gasteiger partial charge in [-0.05, 0) is 6.42 Å². The van der Waals surface area contributed by atoms with Crippen LogP contribution in [-0.4, -0.2) is 28.6 Å². The van der Waals surface area contributed by atoms with E-state index in [0.717, 1.165) is 24.3 Å². The fraction of sp³-hybridized carbons (Fsp3) is 0.667. The van der Waals surface area contributed by atoms with Crippen molar-refractivity contribution in [2.75, 3.05) is 11.4 Å². The molecule has 1 unspecified atom stereocenters. The lowest BCUT2D eigenvalue weighted by Gasteiger charge is -2.10. The number of hydrogen-bond acceptors (Lipinski definition) is 5. The minimum Gasteiger partial charge on any atom is -0.369 e. The van der Waals surface area contributed by atoms with E-state index in [-0.39, 0.29) is 12.3 Å². The van der Waals surface area contributed by atoms with Crippen LogP contribution < -0.4 is 10.6 Å². The van der Waals surface area contributed by atoms with Crippen LogP contribution in [0.25, 0.3) is 0 Å². The van der Waals surface area contributed by atoms with Gasteiger partial charge in [0.1, 0.15) is 5.01 Å². The third kappa shape index (κ3) is 3.28. The van der Waals surface area contributed by atoms with Crippen molar-refractivity contribution in [2.45, 2.75) is 39.0 Å². The number of anilines is 1. The van der Waals surface area contributed by atoms with Gasteiger partial charge in [-0.25, -0.2) is 0 Å². The predicted molar refractivity (Wildman–Crippen MR) is 72.8 cm³/mol. The summed E-state index contributed by atoms with van der Waals surface area (Å²) >= 11 is 1.43. The Balaban J connectivity index is 1.98. The van der Waals surface area contributed by atoms with Gasteiger partial charge in [-0.15, -0.1) is 10.2 Å². The highest BCUT2D eigenvalue weighted by Gasteiger charge is 2.35. The van der Waals surface area contributed by atoms with Gasteiger partial charge < -0.3 is 5.73 Å². The molecule has 2 heterocycles. The van der Waals surface area contributed by atoms with Crippen LogP contribution in [0.15, 0.2) is 0 Å². The molecule has 0 spiro atoms. The molecule has 1 saturated heterocycles. The highest BCUT2D eigenvalue weighted by atomic mass is 32.1. The van der Waals surface area contributed by atoms with E-state index in [1.54, 1.807) is 0 Å². The minimum absolute atomic E-state index is 0.0972. The first-order valence-electron chi connectivity index (χ1n) is 6.54. The number of hydrogen-bond donors (Lipinski definition) is 1. The van der Waals surface area contributed by atoms with Gasteiger partial charge in [0.2, 0.25) is 16.9 Å². The molecule has 0 radical (unpaired) electrons. The Hall–Kier alpha value is -1.50. The molecule has 2 amide bonds. The number of aryl methyl sites for hydroxylation is 1. The van der Waals surface area contributed by atoms with Crippen molar-refractivity contribution in [3.63, 3.8) is 0 Å². The first-order valence-corrected chi connectivity index (χ1v) is 7.35. The molecule has 2 rings (SSSR count). The number of primary amides is 1. The van der Waals surface area contributed by atoms with Gasteiger partial charge in [-0.3, -0.25) is 14.5 Å². The molecule has 1 fully saturated rings. The third-order valence-electron chi connectivity index (χ3n) is 3.21. The largest absolute Gasteiger partial charge is 0.369 e. The molecule has 19 heavy (non-hydrogen) atoms. The van der Waals surface area contributed by atoms with Gasteiger partial charge >= 0.3 is 0 Å². The zero-order valence-corrected chi connectivity index (χ0v) is 11.8. The number of aromatic nitrogens is 2. The van der Waals surface area contributed by atoms with E-state index in [1.165, 1.54) is 22.7 Å². The Morgan fingerprint density at radius 1 is 1.47 bits per heavy atom. The first kappa shape index (κ1) is 13.9. The molecular formula is C12H18N4O2S. The third-order valence-corrected chi connectivity index (χ3v) is 4.21. The molecule has 1 aromatic rings. The maximum atomic E-state index is 11.8. The van der Waals surface area contributed by atoms with Crippen molar-refractivity contribution < 1.29 is 9.59 Å². The molecule has 0 saturated carbocycles. The number of unbranched alkanes of at least 4 members (excludes halogenated alkanes) is 2. The first-order chi connectivity index (χ1) is 9.11. The smallest absolute Gasteiger partial charge is 0.229 e. The number of nitrogens with zero attached hydrogens (tertiary/aromatic N) is 3. The second-order valence-corrected chi connectivity index (χ2v) is 5.78. The quantitative estimate of drug-likeness (QED) is 0.791. The monoisotopic (exact) mass is 282 g/mol. The summed E-state index contributed by atoms with van der Waals surface area (Å²) in [5, 5.41) is 9.66. The Morgan fingerprint density at radius 3 is 2.89 bits per heavy atom. The van der Waals surface area contributed by atoms with Gasteiger partial charge in [0.25, 0.3) is 0 Å². The summed E-state index contributed by atoms with van der Waals surface area (Å²) in [4.78, 5) is 24.5. The number of nitrogens with two attached hydrogens (primary N) is 1. The molecule has 1 aliphatic heterocycles. The normalized spacial score (nSPS) is 19.1. The second kappa shape index (κ2) is 6.10. The van der Waals surface area contributed by atoms with Gasteiger partial charge in [0, 0.05) is 19.4 Å². The Bertz CT molecular complexity index is 474. The van der Waals surface area contributed by atoms with Crippen molar-refractivity contribution in [2.24, 2.45) is 11.7 Å². The van der Waals surface area contributed by atoms with Gasteiger partial charge in [-0.2, -0.15) is 0 Å². The lowest BCUT2D eigenvalue weighted by molar-refractivity contribution is -0.123. The number of rotatable bonds is 6. The maximum absolute atomic E-state index is 11.8. The average molecular weight is 282 g/mol. The fourth-order valence-corrected chi connectivity index (χ4v) is 2.97. The molecule has 6 nitrogen and oxygen atoms in total. The molecule has 0 aromatic carbocycles. The SMILES string of the molecule is CCCCCc1nnc(N2CC(C(N)=O)CC2=O)s1. The van der Waals surface area contributed by atoms with Crippen LogP contribution in [0.4, 0.5) is 5.13 Å². The van der Waals surface area contributed by atoms with E-state index in [0.29, 0.717) is 11.7 Å². The maximum Gasteiger partial charge on any atom is 0.229 e. The number of carbonyl (C=O) groups is 2. The molecule has 1 aliphatic rings. The Labute approximate surface area is 116 Å². The van der Waals surface area contributed by atoms with Crippen LogP contribution in [0.5, 0.6) is 0 Å². The van der Waals surface area contributed by atoms with Crippen molar-refractivity contribution in [3.8, 4) is 0 Å². The Kier molecular flexibility index (Phi) is 4.47. The summed E-state index contributed by atoms with van der Waals surface area (Å²) < 4.78 is 0. The van der Waals surface area contributed by atoms with E-state index in [4.69, 9.17) is 5.73 Å². The van der Waals surface area contributed by atoms with Crippen LogP contribution in [0, 0.1) is 5.92 Å². The fourth-order valence-electron chi connectivity index (χ4n) is 2.06. The van der Waals surface area contributed by atoms with Crippen molar-refractivity contribution in [1.82, 2.24) is 10.2 Å². The number of carbonyl (C=O) groups excluding carboxylic acids is 2. The van der Waals surface area contributed by atoms with Crippen LogP contribution in [-0.2, 0) is 16.0 Å². The molecule has 0 bridgehead atoms. The standard InChI is InChI=1S/C12H18N4O2S/c1-2-3-4-5-9-14-15-12(19-9)16-7-8(11(13)18)6-10(16)17/h8H,2-7H2,1H3,(H2,13,18). The molecule has 1 aromatic heterocycles. The average Bonchev–Trinajstić information content (AvgIpc) is 2.96. The molecule has 2 N–H and O–H groups in total. The van der Waals surface area contributed by atoms with Gasteiger partial charge in [-0.1, -0.05) is 31.1 Å². The van der Waals surface area contributed by atoms with Gasteiger partial charge in [0.05, 0.1) is 5.92 Å². The van der Waals surface area contributed by atoms with Crippen LogP contribution >= 0.6 is 11.3 Å². The van der Waals surface area contributed by atoms with Crippen LogP contribution in [0.1, 0.15) is 37.6 Å². The molecule has 0 aliphatic carbocycles. The zero-order valence-electron chi connectivity index (χ0n) is 11.0. The highest BCUT2D eigenvalue weighted by molar-refractivity contribution is 7.15. The highest BCUT2D eigenvalue weighted by Crippen LogP contribution is 2.28. The Morgan fingerprint density at radius 2 is 2.26 bits per heavy atom. The lowest BCUT2D eigenvalue weighted by Crippen LogP contribution is -2.28. The van der Waals surface area contributed by atoms with Crippen LogP contribution in [0.2, 0.25) is 0 Å². The summed E-state index contributed by atoms with van der Waals surface area (Å²) in [7, 11) is 0. The van der Waals surface area contributed by atoms with Crippen molar-refractivity contribution in [1.29, 1.82) is 0 Å². The minimum atomic E-state index is -0.427. The molecular weight excluding hydrogens is 264 g/mol. The predicted octanol–water partition coefficient (Wildman–Crippen LogP) is 1.11. The second-order valence-electron chi connectivity index (χ2n) is 4.74. The summed E-state index contributed by atoms with van der Waals surface area (Å²) in [5.74, 6) is -0.927. The summed E-state index contributed by atoms with van der Waals surface area (Å²) in [6, 6.07) is 0. The van der Waals surface area contributed by atoms with E-state index in [9.17, 15) is 9.59 Å². The summed E-state index contributed by atoms with van der Waals surface area (Å²) in [5.41, 5.74) is 5.24. The van der Waals surface area contributed by atoms with E-state index in [2.05, 4.69) is 17.1 Å². The van der Waals surface area contributed by atoms with E-state index < -0.39 is 11.8 Å². The van der Waals surface area contributed by atoms with E-state index in [1.807, 2.05) is 0 Å². The lowest BCUT2D eigenvalue weighted by atomic mass is 10.1. The molecule has 1 atom stereocenters. The van der Waals surface area contributed by atoms with Crippen molar-refractivity contribution in [3.05, 3.63) is 5.01 Å². The topological polar surface area (TPSA) is 89.2 Å². The van der Waals surface area contributed by atoms with Gasteiger partial charge in [0.15, 0.2) is 0 Å².